The molecule has 0 bridgehead atoms. The molecule has 8 heteroatoms. The Bertz CT molecular complexity index is 1460. The highest BCUT2D eigenvalue weighted by atomic mass is 35.5. The van der Waals surface area contributed by atoms with E-state index in [1.807, 2.05) is 41.8 Å². The molecule has 0 saturated heterocycles. The summed E-state index contributed by atoms with van der Waals surface area (Å²) >= 11 is 14.0. The average molecular weight is 538 g/mol. The summed E-state index contributed by atoms with van der Waals surface area (Å²) in [6.07, 6.45) is 0. The molecule has 0 aliphatic heterocycles. The fourth-order valence-electron chi connectivity index (χ4n) is 3.79. The summed E-state index contributed by atoms with van der Waals surface area (Å²) in [5, 5.41) is 10.6. The molecule has 0 amide bonds. The van der Waals surface area contributed by atoms with Gasteiger partial charge in [0.25, 0.3) is 0 Å². The monoisotopic (exact) mass is 537 g/mol. The summed E-state index contributed by atoms with van der Waals surface area (Å²) in [4.78, 5) is 0. The molecule has 0 aliphatic rings. The number of aromatic nitrogens is 3. The lowest BCUT2D eigenvalue weighted by molar-refractivity contribution is 0.626. The number of rotatable bonds is 6. The highest BCUT2D eigenvalue weighted by Crippen LogP contribution is 2.42. The lowest BCUT2D eigenvalue weighted by Gasteiger charge is -2.19. The van der Waals surface area contributed by atoms with E-state index >= 15 is 0 Å². The van der Waals surface area contributed by atoms with Crippen molar-refractivity contribution in [1.29, 1.82) is 0 Å². The van der Waals surface area contributed by atoms with Gasteiger partial charge in [-0.05, 0) is 84.3 Å². The van der Waals surface area contributed by atoms with Crippen molar-refractivity contribution in [3.05, 3.63) is 129 Å². The van der Waals surface area contributed by atoms with Gasteiger partial charge in [0.2, 0.25) is 0 Å². The van der Waals surface area contributed by atoms with Crippen LogP contribution < -0.4 is 0 Å². The van der Waals surface area contributed by atoms with Crippen LogP contribution in [0.5, 0.6) is 0 Å². The molecule has 36 heavy (non-hydrogen) atoms. The van der Waals surface area contributed by atoms with Gasteiger partial charge in [0.15, 0.2) is 11.0 Å². The van der Waals surface area contributed by atoms with E-state index in [1.54, 1.807) is 36.4 Å². The first-order chi connectivity index (χ1) is 17.4. The van der Waals surface area contributed by atoms with Crippen molar-refractivity contribution in [2.75, 3.05) is 0 Å². The van der Waals surface area contributed by atoms with Gasteiger partial charge in [-0.1, -0.05) is 65.3 Å². The number of hydrogen-bond acceptors (Lipinski definition) is 3. The average Bonchev–Trinajstić information content (AvgIpc) is 3.29. The van der Waals surface area contributed by atoms with Crippen LogP contribution in [0.3, 0.4) is 0 Å². The van der Waals surface area contributed by atoms with E-state index in [2.05, 4.69) is 10.2 Å². The molecule has 0 aliphatic carbocycles. The Morgan fingerprint density at radius 2 is 1.33 bits per heavy atom. The Balaban J connectivity index is 1.65. The number of nitrogens with zero attached hydrogens (tertiary/aromatic N) is 3. The topological polar surface area (TPSA) is 30.7 Å². The second-order valence-electron chi connectivity index (χ2n) is 8.18. The van der Waals surface area contributed by atoms with Crippen LogP contribution in [0.1, 0.15) is 21.9 Å². The van der Waals surface area contributed by atoms with E-state index < -0.39 is 0 Å². The molecule has 0 fully saturated rings. The Labute approximate surface area is 221 Å². The maximum Gasteiger partial charge on any atom is 0.197 e. The summed E-state index contributed by atoms with van der Waals surface area (Å²) < 4.78 is 29.3. The quantitative estimate of drug-likeness (QED) is 0.203. The predicted molar refractivity (Wildman–Crippen MR) is 142 cm³/mol. The minimum atomic E-state index is -0.330. The normalized spacial score (nSPS) is 11.3. The van der Waals surface area contributed by atoms with Gasteiger partial charge in [-0.2, -0.15) is 0 Å². The standard InChI is InChI=1S/C28H19Cl2F2N3S/c1-17-2-15-24(16-25(17)30)35-27(20-3-9-21(29)10-4-20)33-34-28(35)36-26(18-5-11-22(31)12-6-18)19-7-13-23(32)14-8-19/h2-16,26H,1H3. The minimum absolute atomic E-state index is 0.298. The maximum atomic E-state index is 13.7. The molecule has 3 nitrogen and oxygen atoms in total. The molecule has 1 aromatic heterocycles. The summed E-state index contributed by atoms with van der Waals surface area (Å²) in [5.41, 5.74) is 4.26. The zero-order valence-electron chi connectivity index (χ0n) is 19.0. The van der Waals surface area contributed by atoms with Crippen LogP contribution in [0.25, 0.3) is 17.1 Å². The summed E-state index contributed by atoms with van der Waals surface area (Å²) in [6.45, 7) is 1.94. The van der Waals surface area contributed by atoms with E-state index in [0.29, 0.717) is 21.0 Å². The van der Waals surface area contributed by atoms with E-state index in [4.69, 9.17) is 23.2 Å². The molecule has 5 aromatic rings. The van der Waals surface area contributed by atoms with Gasteiger partial charge >= 0.3 is 0 Å². The van der Waals surface area contributed by atoms with Gasteiger partial charge in [-0.25, -0.2) is 8.78 Å². The van der Waals surface area contributed by atoms with Crippen molar-refractivity contribution >= 4 is 35.0 Å². The van der Waals surface area contributed by atoms with E-state index in [9.17, 15) is 8.78 Å². The lowest BCUT2D eigenvalue weighted by Crippen LogP contribution is -2.03. The zero-order chi connectivity index (χ0) is 25.2. The minimum Gasteiger partial charge on any atom is -0.270 e. The summed E-state index contributed by atoms with van der Waals surface area (Å²) in [6, 6.07) is 25.7. The molecule has 0 spiro atoms. The van der Waals surface area contributed by atoms with Crippen LogP contribution in [0.2, 0.25) is 10.0 Å². The predicted octanol–water partition coefficient (Wildman–Crippen LogP) is 8.71. The third kappa shape index (κ3) is 5.16. The summed E-state index contributed by atoms with van der Waals surface area (Å²) in [5.74, 6) is -0.0424. The third-order valence-corrected chi connectivity index (χ3v) is 7.63. The highest BCUT2D eigenvalue weighted by molar-refractivity contribution is 7.99. The molecule has 5 rings (SSSR count). The van der Waals surface area contributed by atoms with E-state index in [-0.39, 0.29) is 16.9 Å². The lowest BCUT2D eigenvalue weighted by atomic mass is 10.0. The largest absolute Gasteiger partial charge is 0.270 e. The molecule has 0 radical (unpaired) electrons. The first kappa shape index (κ1) is 24.5. The van der Waals surface area contributed by atoms with Gasteiger partial charge in [0, 0.05) is 15.6 Å². The van der Waals surface area contributed by atoms with Crippen molar-refractivity contribution in [1.82, 2.24) is 14.8 Å². The van der Waals surface area contributed by atoms with Crippen LogP contribution >= 0.6 is 35.0 Å². The highest BCUT2D eigenvalue weighted by Gasteiger charge is 2.23. The van der Waals surface area contributed by atoms with Crippen LogP contribution in [0, 0.1) is 18.6 Å². The second kappa shape index (κ2) is 10.4. The molecule has 1 heterocycles. The van der Waals surface area contributed by atoms with Gasteiger partial charge in [0.05, 0.1) is 10.9 Å². The van der Waals surface area contributed by atoms with Gasteiger partial charge in [-0.15, -0.1) is 10.2 Å². The van der Waals surface area contributed by atoms with Crippen molar-refractivity contribution in [2.24, 2.45) is 0 Å². The van der Waals surface area contributed by atoms with Crippen molar-refractivity contribution in [2.45, 2.75) is 17.3 Å². The summed E-state index contributed by atoms with van der Waals surface area (Å²) in [7, 11) is 0. The van der Waals surface area contributed by atoms with Gasteiger partial charge < -0.3 is 0 Å². The van der Waals surface area contributed by atoms with Crippen LogP contribution in [-0.4, -0.2) is 14.8 Å². The Hall–Kier alpha value is -3.19. The Morgan fingerprint density at radius 1 is 0.750 bits per heavy atom. The molecule has 0 saturated carbocycles. The number of thioether (sulfide) groups is 1. The van der Waals surface area contributed by atoms with Crippen LogP contribution in [0.4, 0.5) is 8.78 Å². The van der Waals surface area contributed by atoms with E-state index in [1.165, 1.54) is 36.0 Å². The number of aryl methyl sites for hydroxylation is 1. The molecular formula is C28H19Cl2F2N3S. The Morgan fingerprint density at radius 3 is 1.89 bits per heavy atom. The number of benzene rings is 4. The molecule has 0 unspecified atom stereocenters. The van der Waals surface area contributed by atoms with Crippen LogP contribution in [0.15, 0.2) is 96.2 Å². The first-order valence-corrected chi connectivity index (χ1v) is 12.7. The fraction of sp³-hybridized carbons (Fsp3) is 0.0714. The number of halogens is 4. The van der Waals surface area contributed by atoms with Crippen molar-refractivity contribution < 1.29 is 8.78 Å². The second-order valence-corrected chi connectivity index (χ2v) is 10.1. The molecule has 180 valence electrons. The fourth-order valence-corrected chi connectivity index (χ4v) is 5.28. The van der Waals surface area contributed by atoms with Crippen LogP contribution in [-0.2, 0) is 0 Å². The molecular weight excluding hydrogens is 519 g/mol. The van der Waals surface area contributed by atoms with Gasteiger partial charge in [-0.3, -0.25) is 4.57 Å². The van der Waals surface area contributed by atoms with Gasteiger partial charge in [0.1, 0.15) is 11.6 Å². The SMILES string of the molecule is Cc1ccc(-n2c(SC(c3ccc(F)cc3)c3ccc(F)cc3)nnc2-c2ccc(Cl)cc2)cc1Cl. The Kier molecular flexibility index (Phi) is 7.10. The van der Waals surface area contributed by atoms with E-state index in [0.717, 1.165) is 27.9 Å². The maximum absolute atomic E-state index is 13.7. The number of hydrogen-bond donors (Lipinski definition) is 0. The smallest absolute Gasteiger partial charge is 0.197 e. The molecule has 0 atom stereocenters. The van der Waals surface area contributed by atoms with Crippen molar-refractivity contribution in [3.8, 4) is 17.1 Å². The molecule has 4 aromatic carbocycles. The third-order valence-electron chi connectivity index (χ3n) is 5.72. The zero-order valence-corrected chi connectivity index (χ0v) is 21.3. The first-order valence-electron chi connectivity index (χ1n) is 11.0. The van der Waals surface area contributed by atoms with Crippen molar-refractivity contribution in [3.63, 3.8) is 0 Å². The molecule has 0 N–H and O–H groups in total.